The summed E-state index contributed by atoms with van der Waals surface area (Å²) >= 11 is 0. The van der Waals surface area contributed by atoms with Crippen molar-refractivity contribution in [2.24, 2.45) is 0 Å². The molecule has 0 amide bonds. The van der Waals surface area contributed by atoms with Crippen molar-refractivity contribution in [3.63, 3.8) is 0 Å². The highest BCUT2D eigenvalue weighted by atomic mass is 19.3. The van der Waals surface area contributed by atoms with Gasteiger partial charge in [0.25, 0.3) is 6.43 Å². The minimum Gasteiger partial charge on any atom is -0.393 e. The quantitative estimate of drug-likeness (QED) is 0.496. The lowest BCUT2D eigenvalue weighted by Crippen LogP contribution is -2.34. The van der Waals surface area contributed by atoms with Gasteiger partial charge in [0.15, 0.2) is 0 Å². The summed E-state index contributed by atoms with van der Waals surface area (Å²) in [7, 11) is 0. The summed E-state index contributed by atoms with van der Waals surface area (Å²) in [6.45, 7) is 3.52. The van der Waals surface area contributed by atoms with Gasteiger partial charge in [-0.1, -0.05) is 18.2 Å². The molecule has 32 heavy (non-hydrogen) atoms. The molecule has 1 aliphatic carbocycles. The van der Waals surface area contributed by atoms with Gasteiger partial charge in [-0.3, -0.25) is 9.97 Å². The first-order valence-electron chi connectivity index (χ1n) is 10.7. The van der Waals surface area contributed by atoms with Crippen molar-refractivity contribution >= 4 is 16.6 Å². The molecule has 0 bridgehead atoms. The van der Waals surface area contributed by atoms with Crippen molar-refractivity contribution in [2.75, 3.05) is 5.32 Å². The molecular formula is C24H26F3N3O2. The first kappa shape index (κ1) is 22.5. The zero-order valence-corrected chi connectivity index (χ0v) is 17.9. The molecule has 170 valence electrons. The van der Waals surface area contributed by atoms with Gasteiger partial charge >= 0.3 is 0 Å². The molecule has 1 saturated carbocycles. The fraction of sp³-hybridized carbons (Fsp3) is 0.417. The van der Waals surface area contributed by atoms with Gasteiger partial charge in [0.05, 0.1) is 35.1 Å². The summed E-state index contributed by atoms with van der Waals surface area (Å²) in [6.07, 6.45) is 0.0582. The van der Waals surface area contributed by atoms with E-state index in [9.17, 15) is 23.4 Å². The molecule has 0 radical (unpaired) electrons. The van der Waals surface area contributed by atoms with Crippen LogP contribution in [0, 0.1) is 12.7 Å². The molecule has 2 aromatic heterocycles. The van der Waals surface area contributed by atoms with Crippen LogP contribution in [0.3, 0.4) is 0 Å². The normalized spacial score (nSPS) is 22.3. The number of pyridine rings is 2. The molecule has 1 fully saturated rings. The van der Waals surface area contributed by atoms with Gasteiger partial charge in [-0.05, 0) is 51.7 Å². The number of alkyl halides is 2. The highest BCUT2D eigenvalue weighted by Gasteiger charge is 2.35. The number of nitrogens with zero attached hydrogens (tertiary/aromatic N) is 2. The van der Waals surface area contributed by atoms with Gasteiger partial charge in [-0.2, -0.15) is 0 Å². The fourth-order valence-electron chi connectivity index (χ4n) is 4.35. The lowest BCUT2D eigenvalue weighted by atomic mass is 9.80. The maximum Gasteiger partial charge on any atom is 0.266 e. The van der Waals surface area contributed by atoms with Crippen LogP contribution in [0.25, 0.3) is 10.9 Å². The van der Waals surface area contributed by atoms with E-state index < -0.39 is 35.6 Å². The Morgan fingerprint density at radius 3 is 2.53 bits per heavy atom. The average Bonchev–Trinajstić information content (AvgIpc) is 2.75. The number of nitrogens with one attached hydrogen (secondary N) is 1. The number of aliphatic hydroxyl groups is 2. The number of hydrogen-bond acceptors (Lipinski definition) is 5. The summed E-state index contributed by atoms with van der Waals surface area (Å²) in [5, 5.41) is 24.8. The van der Waals surface area contributed by atoms with Gasteiger partial charge in [-0.15, -0.1) is 0 Å². The molecule has 0 aliphatic heterocycles. The van der Waals surface area contributed by atoms with Gasteiger partial charge in [0, 0.05) is 22.3 Å². The number of rotatable bonds is 5. The molecule has 8 heteroatoms. The number of aryl methyl sites for hydroxylation is 1. The number of hydrogen-bond donors (Lipinski definition) is 3. The topological polar surface area (TPSA) is 78.3 Å². The molecule has 1 aliphatic rings. The minimum atomic E-state index is -2.89. The van der Waals surface area contributed by atoms with Gasteiger partial charge in [-0.25, -0.2) is 13.2 Å². The molecule has 5 nitrogen and oxygen atoms in total. The van der Waals surface area contributed by atoms with Crippen molar-refractivity contribution < 1.29 is 23.4 Å². The molecule has 3 aromatic rings. The van der Waals surface area contributed by atoms with Crippen LogP contribution in [-0.4, -0.2) is 26.3 Å². The number of aliphatic hydroxyl groups excluding tert-OH is 1. The van der Waals surface area contributed by atoms with E-state index >= 15 is 0 Å². The predicted molar refractivity (Wildman–Crippen MR) is 116 cm³/mol. The van der Waals surface area contributed by atoms with Crippen LogP contribution in [0.5, 0.6) is 0 Å². The number of aromatic nitrogens is 2. The van der Waals surface area contributed by atoms with E-state index in [0.29, 0.717) is 53.7 Å². The van der Waals surface area contributed by atoms with Crippen molar-refractivity contribution in [2.45, 2.75) is 63.7 Å². The number of benzene rings is 1. The second kappa shape index (κ2) is 8.67. The Bertz CT molecular complexity index is 1130. The number of halogens is 3. The first-order valence-corrected chi connectivity index (χ1v) is 10.7. The Labute approximate surface area is 184 Å². The summed E-state index contributed by atoms with van der Waals surface area (Å²) < 4.78 is 40.9. The highest BCUT2D eigenvalue weighted by molar-refractivity contribution is 5.91. The van der Waals surface area contributed by atoms with E-state index in [2.05, 4.69) is 15.3 Å². The van der Waals surface area contributed by atoms with Crippen molar-refractivity contribution in [1.29, 1.82) is 0 Å². The predicted octanol–water partition coefficient (Wildman–Crippen LogP) is 5.31. The molecular weight excluding hydrogens is 419 g/mol. The van der Waals surface area contributed by atoms with Crippen LogP contribution in [-0.2, 0) is 5.60 Å². The Morgan fingerprint density at radius 2 is 1.84 bits per heavy atom. The van der Waals surface area contributed by atoms with Crippen molar-refractivity contribution in [3.8, 4) is 0 Å². The van der Waals surface area contributed by atoms with E-state index in [0.717, 1.165) is 6.07 Å². The largest absolute Gasteiger partial charge is 0.393 e. The average molecular weight is 445 g/mol. The second-order valence-electron chi connectivity index (χ2n) is 8.58. The third-order valence-corrected chi connectivity index (χ3v) is 6.21. The maximum atomic E-state index is 14.7. The monoisotopic (exact) mass is 445 g/mol. The molecule has 1 atom stereocenters. The lowest BCUT2D eigenvalue weighted by molar-refractivity contribution is -0.0390. The van der Waals surface area contributed by atoms with E-state index in [1.54, 1.807) is 25.3 Å². The van der Waals surface area contributed by atoms with E-state index in [-0.39, 0.29) is 5.56 Å². The summed E-state index contributed by atoms with van der Waals surface area (Å²) in [5.41, 5.74) is 0.820. The van der Waals surface area contributed by atoms with Gasteiger partial charge < -0.3 is 15.5 Å². The van der Waals surface area contributed by atoms with Crippen molar-refractivity contribution in [1.82, 2.24) is 9.97 Å². The standard InChI is InChI=1S/C24H26F3N3O2/c1-13-10-19(30-14(2)16-4-3-5-17(22(16)25)23(26)27)18-11-21(28-12-20(18)29-13)24(32)8-6-15(31)7-9-24/h3-5,10-12,14-15,23,31-32H,6-9H2,1-2H3,(H,29,30)/t14-,15?,24?/m1/s1. The second-order valence-corrected chi connectivity index (χ2v) is 8.58. The Morgan fingerprint density at radius 1 is 1.16 bits per heavy atom. The maximum absolute atomic E-state index is 14.7. The number of anilines is 1. The number of fused-ring (bicyclic) bond motifs is 1. The van der Waals surface area contributed by atoms with E-state index in [1.165, 1.54) is 12.1 Å². The van der Waals surface area contributed by atoms with Crippen LogP contribution in [0.2, 0.25) is 0 Å². The fourth-order valence-corrected chi connectivity index (χ4v) is 4.35. The minimum absolute atomic E-state index is 0.139. The van der Waals surface area contributed by atoms with Crippen LogP contribution in [0.4, 0.5) is 18.9 Å². The highest BCUT2D eigenvalue weighted by Crippen LogP contribution is 2.38. The Hall–Kier alpha value is -2.71. The van der Waals surface area contributed by atoms with Crippen LogP contribution >= 0.6 is 0 Å². The van der Waals surface area contributed by atoms with Crippen LogP contribution in [0.15, 0.2) is 36.5 Å². The smallest absolute Gasteiger partial charge is 0.266 e. The Balaban J connectivity index is 1.72. The third kappa shape index (κ3) is 4.29. The summed E-state index contributed by atoms with van der Waals surface area (Å²) in [4.78, 5) is 8.92. The molecule has 0 saturated heterocycles. The third-order valence-electron chi connectivity index (χ3n) is 6.21. The van der Waals surface area contributed by atoms with E-state index in [1.807, 2.05) is 6.92 Å². The zero-order chi connectivity index (χ0) is 23.0. The summed E-state index contributed by atoms with van der Waals surface area (Å²) in [5.74, 6) is -0.921. The molecule has 2 heterocycles. The lowest BCUT2D eigenvalue weighted by Gasteiger charge is -2.34. The molecule has 0 unspecified atom stereocenters. The van der Waals surface area contributed by atoms with E-state index in [4.69, 9.17) is 0 Å². The first-order chi connectivity index (χ1) is 15.2. The van der Waals surface area contributed by atoms with Gasteiger partial charge in [0.2, 0.25) is 0 Å². The molecule has 3 N–H and O–H groups in total. The van der Waals surface area contributed by atoms with Crippen LogP contribution < -0.4 is 5.32 Å². The van der Waals surface area contributed by atoms with Crippen LogP contribution in [0.1, 0.15) is 67.6 Å². The SMILES string of the molecule is Cc1cc(N[C@H](C)c2cccc(C(F)F)c2F)c2cc(C3(O)CCC(O)CC3)ncc2n1. The van der Waals surface area contributed by atoms with Crippen molar-refractivity contribution in [3.05, 3.63) is 64.9 Å². The molecule has 0 spiro atoms. The Kier molecular flexibility index (Phi) is 6.09. The zero-order valence-electron chi connectivity index (χ0n) is 17.9. The molecule has 1 aromatic carbocycles. The molecule has 4 rings (SSSR count). The summed E-state index contributed by atoms with van der Waals surface area (Å²) in [6, 6.07) is 6.96. The van der Waals surface area contributed by atoms with Gasteiger partial charge in [0.1, 0.15) is 11.4 Å².